The molecule has 2 amide bonds. The van der Waals surface area contributed by atoms with Crippen molar-refractivity contribution >= 4 is 11.8 Å². The molecule has 6 heteroatoms. The van der Waals surface area contributed by atoms with E-state index in [0.29, 0.717) is 12.2 Å². The second-order valence-corrected chi connectivity index (χ2v) is 7.45. The van der Waals surface area contributed by atoms with Crippen molar-refractivity contribution in [2.75, 3.05) is 19.6 Å². The minimum Gasteiger partial charge on any atom is -0.341 e. The lowest BCUT2D eigenvalue weighted by atomic mass is 10.1. The fourth-order valence-corrected chi connectivity index (χ4v) is 4.19. The van der Waals surface area contributed by atoms with E-state index >= 15 is 0 Å². The van der Waals surface area contributed by atoms with E-state index in [1.807, 2.05) is 48.3 Å². The molecule has 1 atom stereocenters. The molecule has 2 fully saturated rings. The van der Waals surface area contributed by atoms with Crippen LogP contribution in [0.1, 0.15) is 42.6 Å². The average molecular weight is 366 g/mol. The lowest BCUT2D eigenvalue weighted by Gasteiger charge is -2.32. The number of benzene rings is 1. The molecule has 0 aliphatic carbocycles. The number of carbonyl (C=O) groups is 2. The minimum atomic E-state index is -0.335. The number of amides is 2. The largest absolute Gasteiger partial charge is 0.341 e. The standard InChI is InChI=1S/C21H26N4O2/c1-23-19(16-9-4-2-5-10-16)15-17(22-23)20(26)25-14-8-11-18(25)21(27)24-12-6-3-7-13-24/h2,4-5,9-10,15,18H,3,6-8,11-14H2,1H3. The highest BCUT2D eigenvalue weighted by Gasteiger charge is 2.38. The van der Waals surface area contributed by atoms with Crippen LogP contribution in [0.15, 0.2) is 36.4 Å². The number of piperidine rings is 1. The van der Waals surface area contributed by atoms with Crippen molar-refractivity contribution in [2.45, 2.75) is 38.1 Å². The van der Waals surface area contributed by atoms with Gasteiger partial charge in [0, 0.05) is 26.7 Å². The Morgan fingerprint density at radius 3 is 2.48 bits per heavy atom. The third-order valence-corrected chi connectivity index (χ3v) is 5.63. The van der Waals surface area contributed by atoms with E-state index in [0.717, 1.165) is 50.0 Å². The number of hydrogen-bond donors (Lipinski definition) is 0. The van der Waals surface area contributed by atoms with Gasteiger partial charge < -0.3 is 9.80 Å². The van der Waals surface area contributed by atoms with E-state index < -0.39 is 0 Å². The van der Waals surface area contributed by atoms with Gasteiger partial charge in [0.25, 0.3) is 5.91 Å². The molecular weight excluding hydrogens is 340 g/mol. The second-order valence-electron chi connectivity index (χ2n) is 7.45. The molecule has 1 unspecified atom stereocenters. The van der Waals surface area contributed by atoms with Gasteiger partial charge in [-0.25, -0.2) is 0 Å². The molecule has 0 radical (unpaired) electrons. The second kappa shape index (κ2) is 7.55. The van der Waals surface area contributed by atoms with Gasteiger partial charge in [-0.05, 0) is 43.7 Å². The van der Waals surface area contributed by atoms with Gasteiger partial charge in [-0.1, -0.05) is 30.3 Å². The first-order valence-corrected chi connectivity index (χ1v) is 9.84. The van der Waals surface area contributed by atoms with E-state index in [9.17, 15) is 9.59 Å². The Kier molecular flexibility index (Phi) is 4.97. The Morgan fingerprint density at radius 1 is 1.00 bits per heavy atom. The molecule has 2 aromatic rings. The summed E-state index contributed by atoms with van der Waals surface area (Å²) in [5.74, 6) is -0.0274. The van der Waals surface area contributed by atoms with Crippen LogP contribution in [0.2, 0.25) is 0 Å². The van der Waals surface area contributed by atoms with Crippen LogP contribution in [0, 0.1) is 0 Å². The van der Waals surface area contributed by atoms with Gasteiger partial charge in [0.05, 0.1) is 5.69 Å². The Balaban J connectivity index is 1.54. The van der Waals surface area contributed by atoms with Crippen LogP contribution in [0.5, 0.6) is 0 Å². The van der Waals surface area contributed by atoms with Crippen LogP contribution >= 0.6 is 0 Å². The van der Waals surface area contributed by atoms with Gasteiger partial charge in [-0.2, -0.15) is 5.10 Å². The summed E-state index contributed by atoms with van der Waals surface area (Å²) in [6.07, 6.45) is 4.93. The molecule has 0 N–H and O–H groups in total. The van der Waals surface area contributed by atoms with Crippen LogP contribution < -0.4 is 0 Å². The average Bonchev–Trinajstić information content (AvgIpc) is 3.35. The summed E-state index contributed by atoms with van der Waals surface area (Å²) >= 11 is 0. The summed E-state index contributed by atoms with van der Waals surface area (Å²) in [5, 5.41) is 4.44. The van der Waals surface area contributed by atoms with Crippen molar-refractivity contribution < 1.29 is 9.59 Å². The predicted octanol–water partition coefficient (Wildman–Crippen LogP) is 2.70. The molecule has 142 valence electrons. The van der Waals surface area contributed by atoms with Crippen molar-refractivity contribution in [3.63, 3.8) is 0 Å². The monoisotopic (exact) mass is 366 g/mol. The molecule has 3 heterocycles. The zero-order chi connectivity index (χ0) is 18.8. The highest BCUT2D eigenvalue weighted by molar-refractivity contribution is 5.97. The first-order valence-electron chi connectivity index (χ1n) is 9.84. The van der Waals surface area contributed by atoms with Crippen LogP contribution in [0.25, 0.3) is 11.3 Å². The molecule has 27 heavy (non-hydrogen) atoms. The first-order chi connectivity index (χ1) is 13.1. The third-order valence-electron chi connectivity index (χ3n) is 5.63. The Morgan fingerprint density at radius 2 is 1.74 bits per heavy atom. The Hall–Kier alpha value is -2.63. The maximum absolute atomic E-state index is 13.1. The number of nitrogens with zero attached hydrogens (tertiary/aromatic N) is 4. The molecule has 2 aliphatic rings. The molecular formula is C21H26N4O2. The van der Waals surface area contributed by atoms with E-state index in [-0.39, 0.29) is 17.9 Å². The number of hydrogen-bond acceptors (Lipinski definition) is 3. The first kappa shape index (κ1) is 17.8. The maximum Gasteiger partial charge on any atom is 0.275 e. The van der Waals surface area contributed by atoms with Gasteiger partial charge in [0.2, 0.25) is 5.91 Å². The summed E-state index contributed by atoms with van der Waals surface area (Å²) in [4.78, 5) is 29.7. The summed E-state index contributed by atoms with van der Waals surface area (Å²) in [5.41, 5.74) is 2.33. The van der Waals surface area contributed by atoms with E-state index in [4.69, 9.17) is 0 Å². The van der Waals surface area contributed by atoms with Crippen molar-refractivity contribution in [1.82, 2.24) is 19.6 Å². The number of carbonyl (C=O) groups excluding carboxylic acids is 2. The fraction of sp³-hybridized carbons (Fsp3) is 0.476. The van der Waals surface area contributed by atoms with E-state index in [1.165, 1.54) is 6.42 Å². The van der Waals surface area contributed by atoms with Gasteiger partial charge in [0.15, 0.2) is 5.69 Å². The number of rotatable bonds is 3. The van der Waals surface area contributed by atoms with Gasteiger partial charge in [-0.3, -0.25) is 14.3 Å². The van der Waals surface area contributed by atoms with Gasteiger partial charge in [-0.15, -0.1) is 0 Å². The number of aromatic nitrogens is 2. The number of likely N-dealkylation sites (tertiary alicyclic amines) is 2. The molecule has 0 bridgehead atoms. The van der Waals surface area contributed by atoms with Crippen molar-refractivity contribution in [2.24, 2.45) is 7.05 Å². The van der Waals surface area contributed by atoms with Crippen LogP contribution in [0.4, 0.5) is 0 Å². The fourth-order valence-electron chi connectivity index (χ4n) is 4.19. The van der Waals surface area contributed by atoms with Crippen molar-refractivity contribution in [3.05, 3.63) is 42.1 Å². The van der Waals surface area contributed by atoms with E-state index in [2.05, 4.69) is 5.10 Å². The van der Waals surface area contributed by atoms with Crippen LogP contribution in [-0.4, -0.2) is 57.1 Å². The van der Waals surface area contributed by atoms with Crippen LogP contribution in [-0.2, 0) is 11.8 Å². The Labute approximate surface area is 159 Å². The van der Waals surface area contributed by atoms with Crippen molar-refractivity contribution in [1.29, 1.82) is 0 Å². The third kappa shape index (κ3) is 3.48. The van der Waals surface area contributed by atoms with Gasteiger partial charge in [0.1, 0.15) is 6.04 Å². The SMILES string of the molecule is Cn1nc(C(=O)N2CCCC2C(=O)N2CCCCC2)cc1-c1ccccc1. The molecule has 6 nitrogen and oxygen atoms in total. The van der Waals surface area contributed by atoms with Crippen LogP contribution in [0.3, 0.4) is 0 Å². The minimum absolute atomic E-state index is 0.111. The molecule has 2 saturated heterocycles. The number of aryl methyl sites for hydroxylation is 1. The predicted molar refractivity (Wildman–Crippen MR) is 103 cm³/mol. The van der Waals surface area contributed by atoms with E-state index in [1.54, 1.807) is 9.58 Å². The summed E-state index contributed by atoms with van der Waals surface area (Å²) in [6, 6.07) is 11.4. The quantitative estimate of drug-likeness (QED) is 0.839. The summed E-state index contributed by atoms with van der Waals surface area (Å²) < 4.78 is 1.74. The summed E-state index contributed by atoms with van der Waals surface area (Å²) in [6.45, 7) is 2.26. The topological polar surface area (TPSA) is 58.4 Å². The molecule has 1 aromatic carbocycles. The normalized spacial score (nSPS) is 20.1. The Bertz CT molecular complexity index is 824. The maximum atomic E-state index is 13.1. The van der Waals surface area contributed by atoms with Crippen molar-refractivity contribution in [3.8, 4) is 11.3 Å². The summed E-state index contributed by atoms with van der Waals surface area (Å²) in [7, 11) is 1.85. The highest BCUT2D eigenvalue weighted by Crippen LogP contribution is 2.25. The molecule has 1 aromatic heterocycles. The smallest absolute Gasteiger partial charge is 0.275 e. The lowest BCUT2D eigenvalue weighted by Crippen LogP contribution is -2.49. The lowest BCUT2D eigenvalue weighted by molar-refractivity contribution is -0.136. The highest BCUT2D eigenvalue weighted by atomic mass is 16.2. The van der Waals surface area contributed by atoms with Gasteiger partial charge >= 0.3 is 0 Å². The zero-order valence-electron chi connectivity index (χ0n) is 15.8. The molecule has 0 saturated carbocycles. The molecule has 2 aliphatic heterocycles. The zero-order valence-corrected chi connectivity index (χ0v) is 15.8. The molecule has 0 spiro atoms. The molecule has 4 rings (SSSR count).